The van der Waals surface area contributed by atoms with E-state index < -0.39 is 0 Å². The smallest absolute Gasteiger partial charge is 0.231 e. The lowest BCUT2D eigenvalue weighted by Crippen LogP contribution is -2.51. The van der Waals surface area contributed by atoms with E-state index in [1.165, 1.54) is 0 Å². The highest BCUT2D eigenvalue weighted by Gasteiger charge is 2.22. The van der Waals surface area contributed by atoms with Crippen LogP contribution < -0.4 is 5.73 Å². The molecule has 0 atom stereocenters. The molecule has 0 unspecified atom stereocenters. The molecule has 2 N–H and O–H groups in total. The number of nitrogens with two attached hydrogens (primary N) is 1. The number of hydrogen-bond donors (Lipinski definition) is 1. The summed E-state index contributed by atoms with van der Waals surface area (Å²) >= 11 is 0. The second-order valence-corrected chi connectivity index (χ2v) is 5.23. The Bertz CT molecular complexity index is 494. The molecule has 0 aliphatic carbocycles. The molecule has 0 saturated carbocycles. The highest BCUT2D eigenvalue weighted by Crippen LogP contribution is 2.10. The van der Waals surface area contributed by atoms with Crippen LogP contribution >= 0.6 is 0 Å². The largest absolute Gasteiger partial charge is 0.369 e. The van der Waals surface area contributed by atoms with Crippen LogP contribution in [0.5, 0.6) is 0 Å². The lowest BCUT2D eigenvalue weighted by Gasteiger charge is -2.34. The van der Waals surface area contributed by atoms with Crippen molar-refractivity contribution in [3.63, 3.8) is 0 Å². The third-order valence-corrected chi connectivity index (χ3v) is 3.71. The van der Waals surface area contributed by atoms with Crippen molar-refractivity contribution in [2.75, 3.05) is 32.7 Å². The Kier molecular flexibility index (Phi) is 4.74. The summed E-state index contributed by atoms with van der Waals surface area (Å²) in [6.07, 6.45) is 0.447. The number of benzene rings is 1. The van der Waals surface area contributed by atoms with Crippen molar-refractivity contribution < 1.29 is 9.59 Å². The zero-order valence-electron chi connectivity index (χ0n) is 11.8. The summed E-state index contributed by atoms with van der Waals surface area (Å²) in [7, 11) is 0. The van der Waals surface area contributed by atoms with Crippen LogP contribution in [0.1, 0.15) is 11.1 Å². The quantitative estimate of drug-likeness (QED) is 0.851. The summed E-state index contributed by atoms with van der Waals surface area (Å²) in [5.74, 6) is -0.164. The molecule has 5 nitrogen and oxygen atoms in total. The van der Waals surface area contributed by atoms with Crippen LogP contribution in [0.4, 0.5) is 0 Å². The van der Waals surface area contributed by atoms with Gasteiger partial charge in [-0.25, -0.2) is 0 Å². The zero-order chi connectivity index (χ0) is 14.5. The Morgan fingerprint density at radius 2 is 1.80 bits per heavy atom. The number of carbonyl (C=O) groups is 2. The van der Waals surface area contributed by atoms with Crippen LogP contribution in [0.2, 0.25) is 0 Å². The van der Waals surface area contributed by atoms with Crippen molar-refractivity contribution in [3.05, 3.63) is 35.4 Å². The van der Waals surface area contributed by atoms with E-state index in [0.29, 0.717) is 32.6 Å². The van der Waals surface area contributed by atoms with E-state index in [2.05, 4.69) is 0 Å². The van der Waals surface area contributed by atoms with Crippen LogP contribution in [-0.4, -0.2) is 54.3 Å². The van der Waals surface area contributed by atoms with E-state index >= 15 is 0 Å². The van der Waals surface area contributed by atoms with Gasteiger partial charge in [-0.15, -0.1) is 0 Å². The molecular weight excluding hydrogens is 254 g/mol. The van der Waals surface area contributed by atoms with Gasteiger partial charge in [-0.2, -0.15) is 0 Å². The minimum Gasteiger partial charge on any atom is -0.369 e. The molecule has 0 radical (unpaired) electrons. The fourth-order valence-electron chi connectivity index (χ4n) is 2.46. The first-order chi connectivity index (χ1) is 9.56. The zero-order valence-corrected chi connectivity index (χ0v) is 11.8. The van der Waals surface area contributed by atoms with Crippen molar-refractivity contribution >= 4 is 11.8 Å². The second kappa shape index (κ2) is 6.52. The van der Waals surface area contributed by atoms with Gasteiger partial charge in [0.2, 0.25) is 11.8 Å². The van der Waals surface area contributed by atoms with Gasteiger partial charge in [-0.05, 0) is 18.1 Å². The molecule has 2 amide bonds. The summed E-state index contributed by atoms with van der Waals surface area (Å²) in [4.78, 5) is 27.0. The van der Waals surface area contributed by atoms with E-state index in [9.17, 15) is 9.59 Å². The molecule has 20 heavy (non-hydrogen) atoms. The summed E-state index contributed by atoms with van der Waals surface area (Å²) in [5, 5.41) is 0. The Hall–Kier alpha value is -1.88. The highest BCUT2D eigenvalue weighted by molar-refractivity contribution is 5.79. The van der Waals surface area contributed by atoms with Crippen LogP contribution in [0.25, 0.3) is 0 Å². The summed E-state index contributed by atoms with van der Waals surface area (Å²) in [5.41, 5.74) is 7.40. The second-order valence-electron chi connectivity index (χ2n) is 5.23. The van der Waals surface area contributed by atoms with Gasteiger partial charge in [0.25, 0.3) is 0 Å². The molecule has 0 bridgehead atoms. The van der Waals surface area contributed by atoms with E-state index in [0.717, 1.165) is 11.1 Å². The number of piperazine rings is 1. The molecule has 5 heteroatoms. The fraction of sp³-hybridized carbons (Fsp3) is 0.467. The third kappa shape index (κ3) is 3.81. The number of amides is 2. The number of hydrogen-bond acceptors (Lipinski definition) is 3. The first-order valence-corrected chi connectivity index (χ1v) is 6.89. The Morgan fingerprint density at radius 3 is 2.40 bits per heavy atom. The Balaban J connectivity index is 1.86. The molecule has 1 aromatic rings. The first-order valence-electron chi connectivity index (χ1n) is 6.89. The SMILES string of the molecule is Cc1ccccc1CC(=O)N1CCN(CC(N)=O)CC1. The molecule has 1 aromatic carbocycles. The maximum atomic E-state index is 12.3. The van der Waals surface area contributed by atoms with E-state index in [4.69, 9.17) is 5.73 Å². The summed E-state index contributed by atoms with van der Waals surface area (Å²) in [6, 6.07) is 7.95. The molecule has 1 fully saturated rings. The van der Waals surface area contributed by atoms with Gasteiger partial charge in [-0.1, -0.05) is 24.3 Å². The molecule has 0 spiro atoms. The van der Waals surface area contributed by atoms with Crippen molar-refractivity contribution in [2.45, 2.75) is 13.3 Å². The van der Waals surface area contributed by atoms with Crippen LogP contribution in [0.15, 0.2) is 24.3 Å². The van der Waals surface area contributed by atoms with Crippen molar-refractivity contribution in [1.29, 1.82) is 0 Å². The third-order valence-electron chi connectivity index (χ3n) is 3.71. The minimum atomic E-state index is -0.315. The van der Waals surface area contributed by atoms with E-state index in [1.807, 2.05) is 41.0 Å². The Morgan fingerprint density at radius 1 is 1.15 bits per heavy atom. The predicted octanol–water partition coefficient (Wildman–Crippen LogP) is 0.167. The van der Waals surface area contributed by atoms with Crippen LogP contribution in [-0.2, 0) is 16.0 Å². The fourth-order valence-corrected chi connectivity index (χ4v) is 2.46. The molecule has 1 aliphatic heterocycles. The molecule has 1 aliphatic rings. The molecule has 0 aromatic heterocycles. The van der Waals surface area contributed by atoms with Crippen molar-refractivity contribution in [3.8, 4) is 0 Å². The molecule has 2 rings (SSSR count). The van der Waals surface area contributed by atoms with E-state index in [-0.39, 0.29) is 18.4 Å². The normalized spacial score (nSPS) is 16.1. The lowest BCUT2D eigenvalue weighted by molar-refractivity contribution is -0.132. The summed E-state index contributed by atoms with van der Waals surface area (Å²) in [6.45, 7) is 5.05. The minimum absolute atomic E-state index is 0.151. The average Bonchev–Trinajstić information content (AvgIpc) is 2.41. The van der Waals surface area contributed by atoms with Gasteiger partial charge in [0, 0.05) is 26.2 Å². The number of aryl methyl sites for hydroxylation is 1. The topological polar surface area (TPSA) is 66.6 Å². The predicted molar refractivity (Wildman–Crippen MR) is 77.1 cm³/mol. The van der Waals surface area contributed by atoms with E-state index in [1.54, 1.807) is 0 Å². The standard InChI is InChI=1S/C15H21N3O2/c1-12-4-2-3-5-13(12)10-15(20)18-8-6-17(7-9-18)11-14(16)19/h2-5H,6-11H2,1H3,(H2,16,19). The number of nitrogens with zero attached hydrogens (tertiary/aromatic N) is 2. The molecule has 1 saturated heterocycles. The molecule has 1 heterocycles. The first kappa shape index (κ1) is 14.5. The van der Waals surface area contributed by atoms with Crippen molar-refractivity contribution in [2.24, 2.45) is 5.73 Å². The lowest BCUT2D eigenvalue weighted by atomic mass is 10.1. The van der Waals surface area contributed by atoms with Crippen LogP contribution in [0.3, 0.4) is 0 Å². The van der Waals surface area contributed by atoms with Gasteiger partial charge in [0.15, 0.2) is 0 Å². The maximum absolute atomic E-state index is 12.3. The van der Waals surface area contributed by atoms with Gasteiger partial charge >= 0.3 is 0 Å². The monoisotopic (exact) mass is 275 g/mol. The maximum Gasteiger partial charge on any atom is 0.231 e. The molecular formula is C15H21N3O2. The number of primary amides is 1. The average molecular weight is 275 g/mol. The number of carbonyl (C=O) groups excluding carboxylic acids is 2. The van der Waals surface area contributed by atoms with Crippen LogP contribution in [0, 0.1) is 6.92 Å². The Labute approximate surface area is 119 Å². The van der Waals surface area contributed by atoms with Gasteiger partial charge in [-0.3, -0.25) is 14.5 Å². The highest BCUT2D eigenvalue weighted by atomic mass is 16.2. The van der Waals surface area contributed by atoms with Gasteiger partial charge in [0.1, 0.15) is 0 Å². The number of rotatable bonds is 4. The summed E-state index contributed by atoms with van der Waals surface area (Å²) < 4.78 is 0. The van der Waals surface area contributed by atoms with Gasteiger partial charge < -0.3 is 10.6 Å². The molecule has 108 valence electrons. The van der Waals surface area contributed by atoms with Crippen molar-refractivity contribution in [1.82, 2.24) is 9.80 Å². The van der Waals surface area contributed by atoms with Gasteiger partial charge in [0.05, 0.1) is 13.0 Å².